The van der Waals surface area contributed by atoms with Crippen LogP contribution in [0, 0.1) is 13.8 Å². The van der Waals surface area contributed by atoms with Gasteiger partial charge in [0.2, 0.25) is 11.8 Å². The molecule has 0 aromatic heterocycles. The molecule has 7 heteroatoms. The zero-order valence-corrected chi connectivity index (χ0v) is 20.0. The van der Waals surface area contributed by atoms with Gasteiger partial charge in [-0.05, 0) is 49.4 Å². The summed E-state index contributed by atoms with van der Waals surface area (Å²) >= 11 is 0. The minimum absolute atomic E-state index is 0.101. The van der Waals surface area contributed by atoms with E-state index in [0.717, 1.165) is 29.7 Å². The predicted octanol–water partition coefficient (Wildman–Crippen LogP) is 3.48. The number of rotatable bonds is 6. The van der Waals surface area contributed by atoms with Crippen molar-refractivity contribution in [1.82, 2.24) is 9.80 Å². The summed E-state index contributed by atoms with van der Waals surface area (Å²) in [7, 11) is 0. The van der Waals surface area contributed by atoms with Crippen LogP contribution in [0.25, 0.3) is 0 Å². The van der Waals surface area contributed by atoms with E-state index in [9.17, 15) is 14.4 Å². The van der Waals surface area contributed by atoms with Crippen molar-refractivity contribution in [3.8, 4) is 0 Å². The number of carbonyl (C=O) groups is 3. The second-order valence-electron chi connectivity index (χ2n) is 9.05. The Morgan fingerprint density at radius 1 is 0.912 bits per heavy atom. The molecule has 0 saturated carbocycles. The lowest BCUT2D eigenvalue weighted by molar-refractivity contribution is -0.136. The van der Waals surface area contributed by atoms with Gasteiger partial charge in [-0.2, -0.15) is 5.10 Å². The minimum Gasteiger partial charge on any atom is -0.339 e. The van der Waals surface area contributed by atoms with E-state index in [4.69, 9.17) is 0 Å². The normalized spacial score (nSPS) is 16.5. The van der Waals surface area contributed by atoms with E-state index in [0.29, 0.717) is 44.7 Å². The van der Waals surface area contributed by atoms with Gasteiger partial charge in [-0.25, -0.2) is 5.01 Å². The lowest BCUT2D eigenvalue weighted by Gasteiger charge is -2.35. The van der Waals surface area contributed by atoms with Crippen molar-refractivity contribution in [3.05, 3.63) is 65.2 Å². The summed E-state index contributed by atoms with van der Waals surface area (Å²) in [6, 6.07) is 16.1. The van der Waals surface area contributed by atoms with Crippen molar-refractivity contribution in [2.45, 2.75) is 46.0 Å². The summed E-state index contributed by atoms with van der Waals surface area (Å²) in [5, 5.41) is 5.84. The summed E-state index contributed by atoms with van der Waals surface area (Å²) in [5.41, 5.74) is 4.35. The van der Waals surface area contributed by atoms with Crippen molar-refractivity contribution >= 4 is 29.1 Å². The van der Waals surface area contributed by atoms with E-state index in [-0.39, 0.29) is 24.1 Å². The average molecular weight is 461 g/mol. The van der Waals surface area contributed by atoms with E-state index < -0.39 is 0 Å². The van der Waals surface area contributed by atoms with Gasteiger partial charge < -0.3 is 9.80 Å². The maximum atomic E-state index is 13.1. The standard InChI is InChI=1S/C27H32N4O3/c1-20-11-12-21(2)24(19-20)31-26(33)14-13-23(28-31)27(34)30-17-15-29(16-18-30)25(32)10-6-9-22-7-4-3-5-8-22/h3-5,7-8,11-12,19H,6,9-10,13-18H2,1-2H3. The molecule has 2 heterocycles. The van der Waals surface area contributed by atoms with E-state index in [2.05, 4.69) is 17.2 Å². The van der Waals surface area contributed by atoms with Gasteiger partial charge >= 0.3 is 0 Å². The first-order chi connectivity index (χ1) is 16.4. The molecule has 0 spiro atoms. The van der Waals surface area contributed by atoms with Crippen LogP contribution in [0.1, 0.15) is 42.4 Å². The van der Waals surface area contributed by atoms with Crippen LogP contribution in [0.3, 0.4) is 0 Å². The monoisotopic (exact) mass is 460 g/mol. The fraction of sp³-hybridized carbons (Fsp3) is 0.407. The van der Waals surface area contributed by atoms with Crippen molar-refractivity contribution in [1.29, 1.82) is 0 Å². The third-order valence-electron chi connectivity index (χ3n) is 6.49. The predicted molar refractivity (Wildman–Crippen MR) is 133 cm³/mol. The van der Waals surface area contributed by atoms with Crippen LogP contribution in [-0.4, -0.2) is 59.4 Å². The van der Waals surface area contributed by atoms with Crippen LogP contribution < -0.4 is 5.01 Å². The number of hydrogen-bond acceptors (Lipinski definition) is 4. The van der Waals surface area contributed by atoms with E-state index in [1.807, 2.05) is 55.1 Å². The maximum absolute atomic E-state index is 13.1. The molecule has 1 fully saturated rings. The number of anilines is 1. The first kappa shape index (κ1) is 23.7. The van der Waals surface area contributed by atoms with E-state index in [1.54, 1.807) is 4.90 Å². The Labute approximate surface area is 201 Å². The van der Waals surface area contributed by atoms with Crippen molar-refractivity contribution in [2.75, 3.05) is 31.2 Å². The molecule has 0 N–H and O–H groups in total. The van der Waals surface area contributed by atoms with Crippen LogP contribution in [-0.2, 0) is 20.8 Å². The topological polar surface area (TPSA) is 73.3 Å². The van der Waals surface area contributed by atoms with Gasteiger partial charge in [0.1, 0.15) is 5.71 Å². The second kappa shape index (κ2) is 10.6. The highest BCUT2D eigenvalue weighted by atomic mass is 16.2. The fourth-order valence-electron chi connectivity index (χ4n) is 4.43. The molecule has 0 atom stereocenters. The molecule has 4 rings (SSSR count). The summed E-state index contributed by atoms with van der Waals surface area (Å²) < 4.78 is 0. The molecule has 2 aromatic rings. The Hall–Kier alpha value is -3.48. The SMILES string of the molecule is Cc1ccc(C)c(N2N=C(C(=O)N3CCN(C(=O)CCCc4ccccc4)CC3)CCC2=O)c1. The summed E-state index contributed by atoms with van der Waals surface area (Å²) in [6.07, 6.45) is 2.83. The molecule has 1 saturated heterocycles. The highest BCUT2D eigenvalue weighted by Gasteiger charge is 2.31. The van der Waals surface area contributed by atoms with Gasteiger partial charge in [-0.1, -0.05) is 42.5 Å². The first-order valence-corrected chi connectivity index (χ1v) is 12.0. The quantitative estimate of drug-likeness (QED) is 0.663. The fourth-order valence-corrected chi connectivity index (χ4v) is 4.43. The van der Waals surface area contributed by atoms with E-state index >= 15 is 0 Å². The molecule has 2 aliphatic heterocycles. The number of aryl methyl sites for hydroxylation is 3. The third kappa shape index (κ3) is 5.53. The highest BCUT2D eigenvalue weighted by molar-refractivity contribution is 6.40. The van der Waals surface area contributed by atoms with Gasteiger partial charge in [0.05, 0.1) is 5.69 Å². The number of nitrogens with zero attached hydrogens (tertiary/aromatic N) is 4. The lowest BCUT2D eigenvalue weighted by Crippen LogP contribution is -2.52. The number of hydrazone groups is 1. The number of piperazine rings is 1. The van der Waals surface area contributed by atoms with Crippen molar-refractivity contribution in [2.24, 2.45) is 5.10 Å². The lowest BCUT2D eigenvalue weighted by atomic mass is 10.1. The molecule has 0 unspecified atom stereocenters. The third-order valence-corrected chi connectivity index (χ3v) is 6.49. The van der Waals surface area contributed by atoms with E-state index in [1.165, 1.54) is 10.6 Å². The van der Waals surface area contributed by atoms with Crippen molar-refractivity contribution < 1.29 is 14.4 Å². The van der Waals surface area contributed by atoms with Crippen LogP contribution in [0.5, 0.6) is 0 Å². The summed E-state index contributed by atoms with van der Waals surface area (Å²) in [4.78, 5) is 41.9. The highest BCUT2D eigenvalue weighted by Crippen LogP contribution is 2.26. The van der Waals surface area contributed by atoms with Gasteiger partial charge in [-0.3, -0.25) is 14.4 Å². The largest absolute Gasteiger partial charge is 0.339 e. The van der Waals surface area contributed by atoms with Crippen LogP contribution in [0.2, 0.25) is 0 Å². The molecule has 2 aromatic carbocycles. The smallest absolute Gasteiger partial charge is 0.270 e. The Balaban J connectivity index is 1.32. The zero-order valence-electron chi connectivity index (χ0n) is 20.0. The molecule has 34 heavy (non-hydrogen) atoms. The molecular formula is C27H32N4O3. The molecule has 0 aliphatic carbocycles. The molecule has 178 valence electrons. The number of benzene rings is 2. The minimum atomic E-state index is -0.140. The second-order valence-corrected chi connectivity index (χ2v) is 9.05. The zero-order chi connectivity index (χ0) is 24.1. The number of amides is 3. The molecule has 7 nitrogen and oxygen atoms in total. The number of carbonyl (C=O) groups excluding carboxylic acids is 3. The van der Waals surface area contributed by atoms with Crippen molar-refractivity contribution in [3.63, 3.8) is 0 Å². The van der Waals surface area contributed by atoms with Gasteiger partial charge in [0.15, 0.2) is 0 Å². The van der Waals surface area contributed by atoms with Crippen LogP contribution >= 0.6 is 0 Å². The molecule has 0 bridgehead atoms. The maximum Gasteiger partial charge on any atom is 0.270 e. The molecule has 2 aliphatic rings. The summed E-state index contributed by atoms with van der Waals surface area (Å²) in [6.45, 7) is 5.93. The Bertz CT molecular complexity index is 1090. The van der Waals surface area contributed by atoms with Crippen LogP contribution in [0.4, 0.5) is 5.69 Å². The Morgan fingerprint density at radius 3 is 2.35 bits per heavy atom. The Morgan fingerprint density at radius 2 is 1.62 bits per heavy atom. The Kier molecular flexibility index (Phi) is 7.40. The summed E-state index contributed by atoms with van der Waals surface area (Å²) in [5.74, 6) is -0.0973. The molecular weight excluding hydrogens is 428 g/mol. The van der Waals surface area contributed by atoms with Gasteiger partial charge in [-0.15, -0.1) is 0 Å². The molecule has 3 amide bonds. The first-order valence-electron chi connectivity index (χ1n) is 12.0. The average Bonchev–Trinajstić information content (AvgIpc) is 2.86. The molecule has 0 radical (unpaired) electrons. The van der Waals surface area contributed by atoms with Gasteiger partial charge in [0.25, 0.3) is 5.91 Å². The van der Waals surface area contributed by atoms with Crippen LogP contribution in [0.15, 0.2) is 53.6 Å². The van der Waals surface area contributed by atoms with Gasteiger partial charge in [0, 0.05) is 45.4 Å². The number of hydrogen-bond donors (Lipinski definition) is 0.